The minimum Gasteiger partial charge on any atom is -0.435 e. The number of hydrogen-bond donors (Lipinski definition) is 2. The van der Waals surface area contributed by atoms with Crippen molar-refractivity contribution in [3.63, 3.8) is 0 Å². The Morgan fingerprint density at radius 1 is 1.38 bits per heavy atom. The van der Waals surface area contributed by atoms with Crippen molar-refractivity contribution in [3.05, 3.63) is 29.8 Å². The predicted molar refractivity (Wildman–Crippen MR) is 87.3 cm³/mol. The Kier molecular flexibility index (Phi) is 7.01. The van der Waals surface area contributed by atoms with Crippen LogP contribution in [0.3, 0.4) is 0 Å². The summed E-state index contributed by atoms with van der Waals surface area (Å²) in [5.74, 6) is 0.491. The van der Waals surface area contributed by atoms with E-state index in [-0.39, 0.29) is 18.3 Å². The molecule has 5 nitrogen and oxygen atoms in total. The number of guanidine groups is 1. The maximum Gasteiger partial charge on any atom is 0.401 e. The van der Waals surface area contributed by atoms with E-state index >= 15 is 0 Å². The molecule has 2 N–H and O–H groups in total. The highest BCUT2D eigenvalue weighted by molar-refractivity contribution is 5.80. The van der Waals surface area contributed by atoms with E-state index in [2.05, 4.69) is 20.4 Å². The average Bonchev–Trinajstić information content (AvgIpc) is 2.96. The maximum absolute atomic E-state index is 12.4. The zero-order valence-corrected chi connectivity index (χ0v) is 14.2. The van der Waals surface area contributed by atoms with E-state index in [9.17, 15) is 22.0 Å². The van der Waals surface area contributed by atoms with Gasteiger partial charge in [-0.15, -0.1) is 0 Å². The molecule has 26 heavy (non-hydrogen) atoms. The Labute approximate surface area is 148 Å². The molecule has 0 amide bonds. The first-order chi connectivity index (χ1) is 12.2. The molecule has 0 bridgehead atoms. The summed E-state index contributed by atoms with van der Waals surface area (Å²) in [4.78, 5) is 5.38. The molecule has 2 rings (SSSR count). The lowest BCUT2D eigenvalue weighted by Gasteiger charge is -2.20. The van der Waals surface area contributed by atoms with Gasteiger partial charge in [0.15, 0.2) is 5.96 Å². The number of alkyl halides is 5. The fraction of sp³-hybridized carbons (Fsp3) is 0.562. The number of aliphatic imine (C=N–C) groups is 1. The fourth-order valence-electron chi connectivity index (χ4n) is 2.75. The zero-order chi connectivity index (χ0) is 19.2. The molecule has 1 saturated heterocycles. The molecule has 1 atom stereocenters. The number of halogens is 5. The minimum absolute atomic E-state index is 0.0563. The smallest absolute Gasteiger partial charge is 0.401 e. The van der Waals surface area contributed by atoms with Gasteiger partial charge in [-0.25, -0.2) is 0 Å². The normalized spacial score (nSPS) is 19.0. The maximum atomic E-state index is 12.4. The van der Waals surface area contributed by atoms with E-state index in [4.69, 9.17) is 0 Å². The number of nitrogens with zero attached hydrogens (tertiary/aromatic N) is 2. The van der Waals surface area contributed by atoms with Crippen LogP contribution in [0.15, 0.2) is 29.3 Å². The molecule has 0 saturated carbocycles. The Hall–Kier alpha value is -2.10. The number of rotatable bonds is 6. The van der Waals surface area contributed by atoms with Gasteiger partial charge in [-0.2, -0.15) is 22.0 Å². The summed E-state index contributed by atoms with van der Waals surface area (Å²) >= 11 is 0. The van der Waals surface area contributed by atoms with Crippen LogP contribution in [0.5, 0.6) is 5.75 Å². The van der Waals surface area contributed by atoms with Crippen LogP contribution in [0.1, 0.15) is 12.0 Å². The summed E-state index contributed by atoms with van der Waals surface area (Å²) in [6.07, 6.45) is -3.63. The first-order valence-corrected chi connectivity index (χ1v) is 8.05. The van der Waals surface area contributed by atoms with Crippen molar-refractivity contribution in [1.29, 1.82) is 0 Å². The molecule has 0 aliphatic carbocycles. The summed E-state index contributed by atoms with van der Waals surface area (Å²) in [5.41, 5.74) is 0.705. The number of nitrogens with one attached hydrogen (secondary N) is 2. The lowest BCUT2D eigenvalue weighted by atomic mass is 10.2. The SMILES string of the molecule is CN=C(NCc1cccc(OC(F)F)c1)NC1CCN(CC(F)(F)F)C1. The molecule has 1 heterocycles. The van der Waals surface area contributed by atoms with Crippen molar-refractivity contribution >= 4 is 5.96 Å². The van der Waals surface area contributed by atoms with E-state index in [1.54, 1.807) is 19.2 Å². The van der Waals surface area contributed by atoms with Crippen molar-refractivity contribution in [3.8, 4) is 5.75 Å². The van der Waals surface area contributed by atoms with Crippen molar-refractivity contribution in [2.75, 3.05) is 26.7 Å². The second kappa shape index (κ2) is 9.02. The van der Waals surface area contributed by atoms with Gasteiger partial charge in [-0.1, -0.05) is 12.1 Å². The van der Waals surface area contributed by atoms with E-state index < -0.39 is 19.3 Å². The highest BCUT2D eigenvalue weighted by Gasteiger charge is 2.34. The second-order valence-electron chi connectivity index (χ2n) is 5.93. The summed E-state index contributed by atoms with van der Waals surface area (Å²) in [7, 11) is 1.55. The molecule has 0 spiro atoms. The van der Waals surface area contributed by atoms with Gasteiger partial charge in [-0.05, 0) is 24.1 Å². The number of hydrogen-bond acceptors (Lipinski definition) is 3. The minimum atomic E-state index is -4.21. The van der Waals surface area contributed by atoms with E-state index in [1.165, 1.54) is 17.0 Å². The number of likely N-dealkylation sites (tertiary alicyclic amines) is 1. The zero-order valence-electron chi connectivity index (χ0n) is 14.2. The van der Waals surface area contributed by atoms with E-state index in [0.29, 0.717) is 31.0 Å². The number of ether oxygens (including phenoxy) is 1. The van der Waals surface area contributed by atoms with Gasteiger partial charge >= 0.3 is 12.8 Å². The third-order valence-electron chi connectivity index (χ3n) is 3.82. The fourth-order valence-corrected chi connectivity index (χ4v) is 2.75. The highest BCUT2D eigenvalue weighted by atomic mass is 19.4. The third kappa shape index (κ3) is 7.03. The molecular formula is C16H21F5N4O. The topological polar surface area (TPSA) is 48.9 Å². The first-order valence-electron chi connectivity index (χ1n) is 8.05. The Morgan fingerprint density at radius 2 is 2.15 bits per heavy atom. The van der Waals surface area contributed by atoms with Crippen LogP contribution in [0, 0.1) is 0 Å². The highest BCUT2D eigenvalue weighted by Crippen LogP contribution is 2.20. The standard InChI is InChI=1S/C16H21F5N4O/c1-22-15(24-12-5-6-25(9-12)10-16(19,20)21)23-8-11-3-2-4-13(7-11)26-14(17)18/h2-4,7,12,14H,5-6,8-10H2,1H3,(H2,22,23,24). The van der Waals surface area contributed by atoms with Gasteiger partial charge in [0, 0.05) is 32.7 Å². The van der Waals surface area contributed by atoms with E-state index in [0.717, 1.165) is 0 Å². The van der Waals surface area contributed by atoms with Gasteiger partial charge in [0.25, 0.3) is 0 Å². The quantitative estimate of drug-likeness (QED) is 0.453. The summed E-state index contributed by atoms with van der Waals surface area (Å²) in [5, 5.41) is 6.09. The second-order valence-corrected chi connectivity index (χ2v) is 5.93. The van der Waals surface area contributed by atoms with Crippen molar-refractivity contribution in [1.82, 2.24) is 15.5 Å². The van der Waals surface area contributed by atoms with Crippen LogP contribution >= 0.6 is 0 Å². The molecule has 1 unspecified atom stereocenters. The molecular weight excluding hydrogens is 359 g/mol. The molecule has 146 valence electrons. The van der Waals surface area contributed by atoms with Crippen molar-refractivity contribution in [2.24, 2.45) is 4.99 Å². The van der Waals surface area contributed by atoms with Gasteiger partial charge in [0.1, 0.15) is 5.75 Å². The van der Waals surface area contributed by atoms with Crippen LogP contribution in [-0.2, 0) is 6.54 Å². The molecule has 10 heteroatoms. The molecule has 1 aliphatic rings. The van der Waals surface area contributed by atoms with E-state index in [1.807, 2.05) is 0 Å². The third-order valence-corrected chi connectivity index (χ3v) is 3.82. The van der Waals surface area contributed by atoms with Gasteiger partial charge in [-0.3, -0.25) is 9.89 Å². The predicted octanol–water partition coefficient (Wildman–Crippen LogP) is 2.59. The Balaban J connectivity index is 1.82. The summed E-state index contributed by atoms with van der Waals surface area (Å²) in [6, 6.07) is 6.09. The van der Waals surface area contributed by atoms with Gasteiger partial charge in [0.05, 0.1) is 6.54 Å². The largest absolute Gasteiger partial charge is 0.435 e. The van der Waals surface area contributed by atoms with Crippen LogP contribution in [0.2, 0.25) is 0 Å². The lowest BCUT2D eigenvalue weighted by molar-refractivity contribution is -0.143. The van der Waals surface area contributed by atoms with Crippen LogP contribution < -0.4 is 15.4 Å². The van der Waals surface area contributed by atoms with Crippen molar-refractivity contribution in [2.45, 2.75) is 31.8 Å². The monoisotopic (exact) mass is 380 g/mol. The van der Waals surface area contributed by atoms with Gasteiger partial charge < -0.3 is 15.4 Å². The molecule has 1 aromatic rings. The molecule has 1 fully saturated rings. The van der Waals surface area contributed by atoms with Crippen molar-refractivity contribution < 1.29 is 26.7 Å². The average molecular weight is 380 g/mol. The molecule has 1 aromatic carbocycles. The number of benzene rings is 1. The van der Waals surface area contributed by atoms with Gasteiger partial charge in [0.2, 0.25) is 0 Å². The molecule has 0 aromatic heterocycles. The van der Waals surface area contributed by atoms with Crippen LogP contribution in [0.25, 0.3) is 0 Å². The Bertz CT molecular complexity index is 609. The molecule has 1 aliphatic heterocycles. The first kappa shape index (κ1) is 20.2. The van der Waals surface area contributed by atoms with Crippen LogP contribution in [-0.4, -0.2) is 56.4 Å². The summed E-state index contributed by atoms with van der Waals surface area (Å²) in [6.45, 7) is -2.87. The molecule has 0 radical (unpaired) electrons. The summed E-state index contributed by atoms with van der Waals surface area (Å²) < 4.78 is 66.1. The Morgan fingerprint density at radius 3 is 2.81 bits per heavy atom. The lowest BCUT2D eigenvalue weighted by Crippen LogP contribution is -2.44. The van der Waals surface area contributed by atoms with Crippen LogP contribution in [0.4, 0.5) is 22.0 Å².